The summed E-state index contributed by atoms with van der Waals surface area (Å²) in [6.07, 6.45) is -0.909. The molecule has 2 aromatic carbocycles. The number of rotatable bonds is 4. The third kappa shape index (κ3) is 4.33. The smallest absolute Gasteiger partial charge is 0.338 e. The summed E-state index contributed by atoms with van der Waals surface area (Å²) in [5, 5.41) is 2.68. The number of ether oxygens (including phenoxy) is 1. The van der Waals surface area contributed by atoms with Gasteiger partial charge in [-0.1, -0.05) is 15.9 Å². The summed E-state index contributed by atoms with van der Waals surface area (Å²) in [4.78, 5) is 23.9. The molecule has 1 amide bonds. The molecule has 0 radical (unpaired) electrons. The van der Waals surface area contributed by atoms with Crippen molar-refractivity contribution in [3.05, 3.63) is 58.6 Å². The number of nitrogens with one attached hydrogen (secondary N) is 1. The van der Waals surface area contributed by atoms with Crippen LogP contribution in [0.25, 0.3) is 0 Å². The third-order valence-corrected chi connectivity index (χ3v) is 3.44. The molecule has 0 spiro atoms. The highest BCUT2D eigenvalue weighted by Crippen LogP contribution is 2.15. The molecule has 0 aromatic heterocycles. The number of hydrogen-bond acceptors (Lipinski definition) is 4. The van der Waals surface area contributed by atoms with Crippen molar-refractivity contribution in [2.45, 2.75) is 13.0 Å². The monoisotopic (exact) mass is 362 g/mol. The SMILES string of the molecule is C[C@H](OC(=O)c1ccc(N)cc1)C(=O)Nc1ccc(Br)cc1. The van der Waals surface area contributed by atoms with E-state index in [1.807, 2.05) is 0 Å². The van der Waals surface area contributed by atoms with Crippen molar-refractivity contribution >= 4 is 39.2 Å². The van der Waals surface area contributed by atoms with E-state index in [9.17, 15) is 9.59 Å². The van der Waals surface area contributed by atoms with Crippen LogP contribution in [0.15, 0.2) is 53.0 Å². The van der Waals surface area contributed by atoms with Gasteiger partial charge in [-0.3, -0.25) is 4.79 Å². The lowest BCUT2D eigenvalue weighted by atomic mass is 10.2. The second-order valence-corrected chi connectivity index (χ2v) is 5.58. The predicted molar refractivity (Wildman–Crippen MR) is 88.5 cm³/mol. The zero-order chi connectivity index (χ0) is 16.1. The van der Waals surface area contributed by atoms with Crippen molar-refractivity contribution in [1.29, 1.82) is 0 Å². The average Bonchev–Trinajstić information content (AvgIpc) is 2.50. The highest BCUT2D eigenvalue weighted by atomic mass is 79.9. The maximum atomic E-state index is 12.0. The molecule has 22 heavy (non-hydrogen) atoms. The van der Waals surface area contributed by atoms with E-state index in [1.54, 1.807) is 48.5 Å². The molecule has 0 saturated carbocycles. The normalized spacial score (nSPS) is 11.5. The zero-order valence-corrected chi connectivity index (χ0v) is 13.5. The molecule has 1 atom stereocenters. The Kier molecular flexibility index (Phi) is 5.16. The Morgan fingerprint density at radius 3 is 2.27 bits per heavy atom. The first kappa shape index (κ1) is 16.0. The fourth-order valence-corrected chi connectivity index (χ4v) is 1.94. The molecule has 6 heteroatoms. The van der Waals surface area contributed by atoms with E-state index in [1.165, 1.54) is 6.92 Å². The van der Waals surface area contributed by atoms with E-state index in [0.29, 0.717) is 16.9 Å². The molecule has 0 aliphatic heterocycles. The first-order valence-corrected chi connectivity index (χ1v) is 7.38. The Hall–Kier alpha value is -2.34. The lowest BCUT2D eigenvalue weighted by Crippen LogP contribution is -2.29. The number of carbonyl (C=O) groups excluding carboxylic acids is 2. The third-order valence-electron chi connectivity index (χ3n) is 2.91. The number of anilines is 2. The number of benzene rings is 2. The highest BCUT2D eigenvalue weighted by molar-refractivity contribution is 9.10. The molecular formula is C16H15BrN2O3. The van der Waals surface area contributed by atoms with Gasteiger partial charge in [0.05, 0.1) is 5.56 Å². The topological polar surface area (TPSA) is 81.4 Å². The number of hydrogen-bond donors (Lipinski definition) is 2. The van der Waals surface area contributed by atoms with E-state index < -0.39 is 18.0 Å². The summed E-state index contributed by atoms with van der Waals surface area (Å²) in [6.45, 7) is 1.52. The zero-order valence-electron chi connectivity index (χ0n) is 11.9. The lowest BCUT2D eigenvalue weighted by Gasteiger charge is -2.13. The Balaban J connectivity index is 1.94. The van der Waals surface area contributed by atoms with Gasteiger partial charge in [0.1, 0.15) is 0 Å². The summed E-state index contributed by atoms with van der Waals surface area (Å²) in [5.41, 5.74) is 7.08. The number of nitrogens with two attached hydrogens (primary N) is 1. The fourth-order valence-electron chi connectivity index (χ4n) is 1.68. The molecule has 0 aliphatic rings. The minimum absolute atomic E-state index is 0.345. The van der Waals surface area contributed by atoms with Crippen molar-refractivity contribution in [2.24, 2.45) is 0 Å². The minimum Gasteiger partial charge on any atom is -0.449 e. The molecule has 0 bridgehead atoms. The molecule has 0 heterocycles. The van der Waals surface area contributed by atoms with Crippen LogP contribution in [0.3, 0.4) is 0 Å². The van der Waals surface area contributed by atoms with Crippen molar-refractivity contribution in [1.82, 2.24) is 0 Å². The van der Waals surface area contributed by atoms with Gasteiger partial charge in [-0.15, -0.1) is 0 Å². The van der Waals surface area contributed by atoms with Crippen LogP contribution >= 0.6 is 15.9 Å². The summed E-state index contributed by atoms with van der Waals surface area (Å²) < 4.78 is 6.04. The standard InChI is InChI=1S/C16H15BrN2O3/c1-10(15(20)19-14-8-4-12(17)5-9-14)22-16(21)11-2-6-13(18)7-3-11/h2-10H,18H2,1H3,(H,19,20)/t10-/m0/s1. The van der Waals surface area contributed by atoms with Gasteiger partial charge in [-0.25, -0.2) is 4.79 Å². The highest BCUT2D eigenvalue weighted by Gasteiger charge is 2.18. The van der Waals surface area contributed by atoms with Gasteiger partial charge in [0.15, 0.2) is 6.10 Å². The maximum absolute atomic E-state index is 12.0. The Morgan fingerprint density at radius 2 is 1.68 bits per heavy atom. The summed E-state index contributed by atoms with van der Waals surface area (Å²) >= 11 is 3.31. The van der Waals surface area contributed by atoms with Gasteiger partial charge < -0.3 is 15.8 Å². The van der Waals surface area contributed by atoms with Crippen LogP contribution in [0, 0.1) is 0 Å². The molecule has 3 N–H and O–H groups in total. The first-order valence-electron chi connectivity index (χ1n) is 6.58. The van der Waals surface area contributed by atoms with E-state index >= 15 is 0 Å². The van der Waals surface area contributed by atoms with E-state index in [-0.39, 0.29) is 0 Å². The van der Waals surface area contributed by atoms with Crippen LogP contribution in [0.5, 0.6) is 0 Å². The number of nitrogen functional groups attached to an aromatic ring is 1. The number of amides is 1. The van der Waals surface area contributed by atoms with Crippen LogP contribution in [0.1, 0.15) is 17.3 Å². The second kappa shape index (κ2) is 7.09. The Bertz CT molecular complexity index is 669. The minimum atomic E-state index is -0.909. The van der Waals surface area contributed by atoms with Crippen molar-refractivity contribution < 1.29 is 14.3 Å². The number of carbonyl (C=O) groups is 2. The summed E-state index contributed by atoms with van der Waals surface area (Å²) in [6, 6.07) is 13.4. The van der Waals surface area contributed by atoms with Gasteiger partial charge in [0, 0.05) is 15.8 Å². The van der Waals surface area contributed by atoms with Gasteiger partial charge in [-0.2, -0.15) is 0 Å². The quantitative estimate of drug-likeness (QED) is 0.646. The van der Waals surface area contributed by atoms with Crippen LogP contribution in [-0.4, -0.2) is 18.0 Å². The fraction of sp³-hybridized carbons (Fsp3) is 0.125. The van der Waals surface area contributed by atoms with Gasteiger partial charge in [-0.05, 0) is 55.5 Å². The van der Waals surface area contributed by atoms with E-state index in [2.05, 4.69) is 21.2 Å². The van der Waals surface area contributed by atoms with Crippen molar-refractivity contribution in [3.8, 4) is 0 Å². The van der Waals surface area contributed by atoms with Gasteiger partial charge in [0.25, 0.3) is 5.91 Å². The van der Waals surface area contributed by atoms with Crippen LogP contribution < -0.4 is 11.1 Å². The average molecular weight is 363 g/mol. The van der Waals surface area contributed by atoms with Crippen LogP contribution in [-0.2, 0) is 9.53 Å². The molecule has 0 fully saturated rings. The molecule has 2 rings (SSSR count). The largest absolute Gasteiger partial charge is 0.449 e. The van der Waals surface area contributed by atoms with Gasteiger partial charge >= 0.3 is 5.97 Å². The maximum Gasteiger partial charge on any atom is 0.338 e. The van der Waals surface area contributed by atoms with Crippen LogP contribution in [0.2, 0.25) is 0 Å². The molecule has 2 aromatic rings. The molecule has 0 aliphatic carbocycles. The summed E-state index contributed by atoms with van der Waals surface area (Å²) in [5.74, 6) is -0.968. The van der Waals surface area contributed by atoms with Crippen molar-refractivity contribution in [3.63, 3.8) is 0 Å². The molecule has 5 nitrogen and oxygen atoms in total. The first-order chi connectivity index (χ1) is 10.5. The Labute approximate surface area is 136 Å². The van der Waals surface area contributed by atoms with Crippen LogP contribution in [0.4, 0.5) is 11.4 Å². The van der Waals surface area contributed by atoms with Gasteiger partial charge in [0.2, 0.25) is 0 Å². The second-order valence-electron chi connectivity index (χ2n) is 4.67. The summed E-state index contributed by atoms with van der Waals surface area (Å²) in [7, 11) is 0. The predicted octanol–water partition coefficient (Wildman–Crippen LogP) is 3.22. The molecule has 0 unspecified atom stereocenters. The molecular weight excluding hydrogens is 348 g/mol. The number of esters is 1. The van der Waals surface area contributed by atoms with E-state index in [0.717, 1.165) is 4.47 Å². The molecule has 114 valence electrons. The molecule has 0 saturated heterocycles. The lowest BCUT2D eigenvalue weighted by molar-refractivity contribution is -0.123. The van der Waals surface area contributed by atoms with E-state index in [4.69, 9.17) is 10.5 Å². The Morgan fingerprint density at radius 1 is 1.09 bits per heavy atom. The number of halogens is 1. The van der Waals surface area contributed by atoms with Crippen molar-refractivity contribution in [2.75, 3.05) is 11.1 Å².